The molecule has 0 unspecified atom stereocenters. The predicted octanol–water partition coefficient (Wildman–Crippen LogP) is 13.1. The highest BCUT2D eigenvalue weighted by molar-refractivity contribution is 7.05. The molecule has 0 bridgehead atoms. The number of hydrogen-bond donors (Lipinski definition) is 0. The standard InChI is InChI=1S/C68H40B2N4/c1-3-19-43(20-4-1)71-59-38-45(73-55-29-11-7-23-47(55)48-24-8-12-30-56(48)73)33-35-51(59)69-53-27-15-17-41-37-42-18-16-28-54-64(42)65(63(41)53)66-67(69)61(71)40-62-68(66)70(54)52-36-34-46(39-60(52)72(62)44-21-5-2-6-22-44)74-57-31-13-9-25-49(57)50-26-10-14-32-58(50)74/h1-40H. The molecule has 4 aliphatic rings. The van der Waals surface area contributed by atoms with Crippen molar-refractivity contribution < 1.29 is 0 Å². The minimum atomic E-state index is -0.00345. The number of benzene rings is 12. The lowest BCUT2D eigenvalue weighted by Gasteiger charge is -2.47. The summed E-state index contributed by atoms with van der Waals surface area (Å²) in [5.41, 5.74) is 25.2. The largest absolute Gasteiger partial charge is 0.311 e. The van der Waals surface area contributed by atoms with Gasteiger partial charge in [0.2, 0.25) is 13.4 Å². The second-order valence-electron chi connectivity index (χ2n) is 20.7. The van der Waals surface area contributed by atoms with Crippen LogP contribution in [0.3, 0.4) is 0 Å². The summed E-state index contributed by atoms with van der Waals surface area (Å²) in [7, 11) is 0. The Bertz CT molecular complexity index is 4420. The summed E-state index contributed by atoms with van der Waals surface area (Å²) in [6.45, 7) is -0.00690. The van der Waals surface area contributed by atoms with Gasteiger partial charge in [0.1, 0.15) is 0 Å². The zero-order chi connectivity index (χ0) is 47.9. The third-order valence-corrected chi connectivity index (χ3v) is 17.2. The maximum atomic E-state index is 2.60. The van der Waals surface area contributed by atoms with E-state index in [0.717, 1.165) is 22.7 Å². The monoisotopic (exact) mass is 934 g/mol. The molecule has 0 saturated carbocycles. The molecule has 0 atom stereocenters. The molecule has 0 aliphatic carbocycles. The number of fused-ring (bicyclic) bond motifs is 12. The zero-order valence-corrected chi connectivity index (χ0v) is 40.0. The van der Waals surface area contributed by atoms with Crippen molar-refractivity contribution in [2.45, 2.75) is 0 Å². The van der Waals surface area contributed by atoms with E-state index in [9.17, 15) is 0 Å². The van der Waals surface area contributed by atoms with Gasteiger partial charge in [-0.2, -0.15) is 0 Å². The highest BCUT2D eigenvalue weighted by Crippen LogP contribution is 2.50. The number of para-hydroxylation sites is 6. The molecule has 4 nitrogen and oxygen atoms in total. The number of nitrogens with zero attached hydrogens (tertiary/aromatic N) is 4. The van der Waals surface area contributed by atoms with E-state index in [4.69, 9.17) is 0 Å². The van der Waals surface area contributed by atoms with Gasteiger partial charge in [0.25, 0.3) is 0 Å². The predicted molar refractivity (Wildman–Crippen MR) is 314 cm³/mol. The molecular formula is C68H40B2N4. The van der Waals surface area contributed by atoms with Crippen LogP contribution < -0.4 is 42.6 Å². The van der Waals surface area contributed by atoms with Crippen molar-refractivity contribution in [3.63, 3.8) is 0 Å². The first-order chi connectivity index (χ1) is 36.8. The molecule has 12 aromatic carbocycles. The average Bonchev–Trinajstić information content (AvgIpc) is 4.00. The van der Waals surface area contributed by atoms with Gasteiger partial charge in [0.15, 0.2) is 0 Å². The lowest BCUT2D eigenvalue weighted by atomic mass is 9.27. The fraction of sp³-hybridized carbons (Fsp3) is 0. The van der Waals surface area contributed by atoms with E-state index in [0.29, 0.717) is 0 Å². The second-order valence-corrected chi connectivity index (χ2v) is 20.7. The molecule has 2 aromatic heterocycles. The van der Waals surface area contributed by atoms with Gasteiger partial charge >= 0.3 is 0 Å². The van der Waals surface area contributed by atoms with Gasteiger partial charge in [-0.1, -0.05) is 169 Å². The lowest BCUT2D eigenvalue weighted by Crippen LogP contribution is -2.66. The summed E-state index contributed by atoms with van der Waals surface area (Å²) in [5.74, 6) is 0. The van der Waals surface area contributed by atoms with Crippen molar-refractivity contribution in [2.75, 3.05) is 9.80 Å². The first-order valence-corrected chi connectivity index (χ1v) is 25.9. The molecule has 4 aliphatic heterocycles. The van der Waals surface area contributed by atoms with Crippen LogP contribution in [0.1, 0.15) is 0 Å². The van der Waals surface area contributed by atoms with Crippen LogP contribution in [0.4, 0.5) is 34.1 Å². The Morgan fingerprint density at radius 2 is 0.649 bits per heavy atom. The molecular weight excluding hydrogens is 894 g/mol. The Morgan fingerprint density at radius 1 is 0.257 bits per heavy atom. The Balaban J connectivity index is 0.990. The van der Waals surface area contributed by atoms with Crippen LogP contribution >= 0.6 is 0 Å². The van der Waals surface area contributed by atoms with Crippen molar-refractivity contribution in [3.05, 3.63) is 243 Å². The maximum absolute atomic E-state index is 2.60. The van der Waals surface area contributed by atoms with Crippen molar-refractivity contribution in [1.82, 2.24) is 9.13 Å². The van der Waals surface area contributed by atoms with Gasteiger partial charge in [-0.25, -0.2) is 0 Å². The smallest absolute Gasteiger partial charge is 0.248 e. The Labute approximate surface area is 427 Å². The summed E-state index contributed by atoms with van der Waals surface area (Å²) in [6, 6.07) is 91.6. The van der Waals surface area contributed by atoms with Crippen LogP contribution in [0.5, 0.6) is 0 Å². The number of rotatable bonds is 4. The highest BCUT2D eigenvalue weighted by Gasteiger charge is 2.49. The maximum Gasteiger partial charge on any atom is 0.248 e. The molecule has 0 radical (unpaired) electrons. The molecule has 0 spiro atoms. The van der Waals surface area contributed by atoms with Crippen LogP contribution in [-0.4, -0.2) is 22.6 Å². The molecule has 14 aromatic rings. The van der Waals surface area contributed by atoms with E-state index in [1.807, 2.05) is 0 Å². The third-order valence-electron chi connectivity index (χ3n) is 17.2. The minimum Gasteiger partial charge on any atom is -0.311 e. The summed E-state index contributed by atoms with van der Waals surface area (Å²) < 4.78 is 4.94. The molecule has 0 N–H and O–H groups in total. The van der Waals surface area contributed by atoms with Crippen LogP contribution in [0.25, 0.3) is 87.7 Å². The molecule has 6 heteroatoms. The van der Waals surface area contributed by atoms with Gasteiger partial charge < -0.3 is 18.9 Å². The van der Waals surface area contributed by atoms with Crippen molar-refractivity contribution in [3.8, 4) is 22.5 Å². The lowest BCUT2D eigenvalue weighted by molar-refractivity contribution is 1.17. The van der Waals surface area contributed by atoms with Crippen LogP contribution in [0.15, 0.2) is 243 Å². The van der Waals surface area contributed by atoms with Gasteiger partial charge in [0.05, 0.1) is 22.1 Å². The van der Waals surface area contributed by atoms with Crippen molar-refractivity contribution in [1.29, 1.82) is 0 Å². The average molecular weight is 935 g/mol. The van der Waals surface area contributed by atoms with E-state index in [-0.39, 0.29) is 13.4 Å². The van der Waals surface area contributed by atoms with Gasteiger partial charge in [0, 0.05) is 67.0 Å². The summed E-state index contributed by atoms with van der Waals surface area (Å²) in [6.07, 6.45) is 0. The third kappa shape index (κ3) is 4.86. The van der Waals surface area contributed by atoms with Crippen molar-refractivity contribution in [2.24, 2.45) is 0 Å². The van der Waals surface area contributed by atoms with Gasteiger partial charge in [-0.15, -0.1) is 0 Å². The van der Waals surface area contributed by atoms with Gasteiger partial charge in [-0.3, -0.25) is 0 Å². The Morgan fingerprint density at radius 3 is 1.07 bits per heavy atom. The number of hydrogen-bond acceptors (Lipinski definition) is 2. The second kappa shape index (κ2) is 14.1. The SMILES string of the molecule is c1ccc(N2c3cc(-n4c5ccccc5c5ccccc54)ccc3B3c4c2cc2c5c4-c4c6c3cccc6cc3cccc(c43)B5c3ccc(-n4c5ccccc5c5ccccc54)cc3N2c2ccccc2)cc1. The van der Waals surface area contributed by atoms with E-state index in [1.54, 1.807) is 0 Å². The van der Waals surface area contributed by atoms with Gasteiger partial charge in [-0.05, 0) is 139 Å². The quantitative estimate of drug-likeness (QED) is 0.129. The molecule has 74 heavy (non-hydrogen) atoms. The Kier molecular flexibility index (Phi) is 7.47. The molecule has 18 rings (SSSR count). The first kappa shape index (κ1) is 39.1. The summed E-state index contributed by atoms with van der Waals surface area (Å²) in [4.78, 5) is 5.20. The topological polar surface area (TPSA) is 16.3 Å². The van der Waals surface area contributed by atoms with Crippen LogP contribution in [0.2, 0.25) is 0 Å². The fourth-order valence-electron chi connectivity index (χ4n) is 14.5. The number of anilines is 6. The minimum absolute atomic E-state index is 0.00345. The van der Waals surface area contributed by atoms with E-state index in [2.05, 4.69) is 262 Å². The normalized spacial score (nSPS) is 13.6. The van der Waals surface area contributed by atoms with Crippen LogP contribution in [0, 0.1) is 0 Å². The highest BCUT2D eigenvalue weighted by atomic mass is 15.2. The van der Waals surface area contributed by atoms with E-state index in [1.165, 1.54) is 132 Å². The van der Waals surface area contributed by atoms with Crippen molar-refractivity contribution >= 4 is 145 Å². The Hall–Kier alpha value is -9.51. The molecule has 0 fully saturated rings. The first-order valence-electron chi connectivity index (χ1n) is 25.9. The fourth-order valence-corrected chi connectivity index (χ4v) is 14.5. The molecule has 0 amide bonds. The molecule has 6 heterocycles. The van der Waals surface area contributed by atoms with E-state index < -0.39 is 0 Å². The number of aromatic nitrogens is 2. The summed E-state index contributed by atoms with van der Waals surface area (Å²) >= 11 is 0. The zero-order valence-electron chi connectivity index (χ0n) is 40.0. The van der Waals surface area contributed by atoms with Crippen LogP contribution in [-0.2, 0) is 0 Å². The molecule has 0 saturated heterocycles. The summed E-state index contributed by atoms with van der Waals surface area (Å²) in [5, 5.41) is 10.4. The molecule has 338 valence electrons. The van der Waals surface area contributed by atoms with E-state index >= 15 is 0 Å².